The van der Waals surface area contributed by atoms with Gasteiger partial charge >= 0.3 is 0 Å². The molecule has 1 aromatic carbocycles. The van der Waals surface area contributed by atoms with E-state index in [1.54, 1.807) is 35.0 Å². The summed E-state index contributed by atoms with van der Waals surface area (Å²) < 4.78 is 15.5. The van der Waals surface area contributed by atoms with Crippen LogP contribution in [0.15, 0.2) is 36.5 Å². The van der Waals surface area contributed by atoms with Crippen molar-refractivity contribution < 1.29 is 4.39 Å². The Labute approximate surface area is 108 Å². The van der Waals surface area contributed by atoms with Gasteiger partial charge in [0.25, 0.3) is 0 Å². The molecule has 3 aromatic rings. The predicted molar refractivity (Wildman–Crippen MR) is 68.1 cm³/mol. The second kappa shape index (κ2) is 4.07. The molecule has 3 rings (SSSR count). The average Bonchev–Trinajstić information content (AvgIpc) is 2.71. The summed E-state index contributed by atoms with van der Waals surface area (Å²) in [5, 5.41) is 4.70. The monoisotopic (exact) mass is 261 g/mol. The Bertz CT molecular complexity index is 716. The van der Waals surface area contributed by atoms with E-state index in [0.717, 1.165) is 11.3 Å². The second-order valence-corrected chi connectivity index (χ2v) is 4.39. The van der Waals surface area contributed by atoms with E-state index in [1.165, 1.54) is 6.07 Å². The predicted octanol–water partition coefficient (Wildman–Crippen LogP) is 3.50. The maximum atomic E-state index is 13.8. The SMILES string of the molecule is Cc1cnc2ccc(-c3c(F)cccc3Cl)nn12. The van der Waals surface area contributed by atoms with Gasteiger partial charge in [-0.25, -0.2) is 13.9 Å². The number of aromatic nitrogens is 3. The molecule has 2 aromatic heterocycles. The lowest BCUT2D eigenvalue weighted by molar-refractivity contribution is 0.630. The van der Waals surface area contributed by atoms with Gasteiger partial charge in [-0.3, -0.25) is 0 Å². The van der Waals surface area contributed by atoms with Gasteiger partial charge in [0, 0.05) is 0 Å². The van der Waals surface area contributed by atoms with Gasteiger partial charge in [-0.1, -0.05) is 17.7 Å². The zero-order valence-corrected chi connectivity index (χ0v) is 10.3. The van der Waals surface area contributed by atoms with Crippen molar-refractivity contribution in [2.24, 2.45) is 0 Å². The number of benzene rings is 1. The molecule has 0 radical (unpaired) electrons. The van der Waals surface area contributed by atoms with Gasteiger partial charge in [0.15, 0.2) is 5.65 Å². The molecule has 0 spiro atoms. The molecular formula is C13H9ClFN3. The maximum absolute atomic E-state index is 13.8. The summed E-state index contributed by atoms with van der Waals surface area (Å²) in [6.07, 6.45) is 1.72. The van der Waals surface area contributed by atoms with Crippen molar-refractivity contribution in [2.45, 2.75) is 6.92 Å². The van der Waals surface area contributed by atoms with Gasteiger partial charge in [-0.2, -0.15) is 5.10 Å². The number of aryl methyl sites for hydroxylation is 1. The topological polar surface area (TPSA) is 30.2 Å². The minimum atomic E-state index is -0.382. The highest BCUT2D eigenvalue weighted by molar-refractivity contribution is 6.33. The van der Waals surface area contributed by atoms with Crippen LogP contribution >= 0.6 is 11.6 Å². The molecule has 0 atom stereocenters. The van der Waals surface area contributed by atoms with Crippen LogP contribution in [0.2, 0.25) is 5.02 Å². The largest absolute Gasteiger partial charge is 0.235 e. The van der Waals surface area contributed by atoms with Crippen LogP contribution < -0.4 is 0 Å². The lowest BCUT2D eigenvalue weighted by atomic mass is 10.1. The number of nitrogens with zero attached hydrogens (tertiary/aromatic N) is 3. The van der Waals surface area contributed by atoms with Crippen molar-refractivity contribution in [3.05, 3.63) is 53.1 Å². The highest BCUT2D eigenvalue weighted by Gasteiger charge is 2.12. The van der Waals surface area contributed by atoms with Gasteiger partial charge < -0.3 is 0 Å². The normalized spacial score (nSPS) is 11.1. The Kier molecular flexibility index (Phi) is 2.52. The van der Waals surface area contributed by atoms with Crippen molar-refractivity contribution in [1.82, 2.24) is 14.6 Å². The second-order valence-electron chi connectivity index (χ2n) is 3.98. The summed E-state index contributed by atoms with van der Waals surface area (Å²) in [5.74, 6) is -0.382. The number of halogens is 2. The van der Waals surface area contributed by atoms with Crippen LogP contribution in [0.4, 0.5) is 4.39 Å². The molecule has 0 N–H and O–H groups in total. The zero-order chi connectivity index (χ0) is 12.7. The molecule has 0 saturated carbocycles. The van der Waals surface area contributed by atoms with Gasteiger partial charge in [-0.05, 0) is 31.2 Å². The third kappa shape index (κ3) is 1.66. The zero-order valence-electron chi connectivity index (χ0n) is 9.56. The van der Waals surface area contributed by atoms with Gasteiger partial charge in [-0.15, -0.1) is 0 Å². The Morgan fingerprint density at radius 3 is 2.83 bits per heavy atom. The molecule has 0 amide bonds. The minimum absolute atomic E-state index is 0.314. The third-order valence-electron chi connectivity index (χ3n) is 2.75. The third-order valence-corrected chi connectivity index (χ3v) is 3.07. The molecule has 18 heavy (non-hydrogen) atoms. The van der Waals surface area contributed by atoms with E-state index < -0.39 is 0 Å². The van der Waals surface area contributed by atoms with Crippen molar-refractivity contribution in [3.63, 3.8) is 0 Å². The summed E-state index contributed by atoms with van der Waals surface area (Å²) in [6.45, 7) is 1.89. The molecule has 90 valence electrons. The smallest absolute Gasteiger partial charge is 0.153 e. The molecule has 3 nitrogen and oxygen atoms in total. The fourth-order valence-corrected chi connectivity index (χ4v) is 2.12. The molecule has 0 aliphatic heterocycles. The highest BCUT2D eigenvalue weighted by atomic mass is 35.5. The van der Waals surface area contributed by atoms with E-state index in [2.05, 4.69) is 10.1 Å². The van der Waals surface area contributed by atoms with Crippen molar-refractivity contribution in [3.8, 4) is 11.3 Å². The molecule has 0 bridgehead atoms. The molecule has 5 heteroatoms. The molecule has 2 heterocycles. The maximum Gasteiger partial charge on any atom is 0.153 e. The molecule has 0 unspecified atom stereocenters. The van der Waals surface area contributed by atoms with E-state index >= 15 is 0 Å². The number of hydrogen-bond acceptors (Lipinski definition) is 2. The number of hydrogen-bond donors (Lipinski definition) is 0. The van der Waals surface area contributed by atoms with Crippen LogP contribution in [-0.2, 0) is 0 Å². The van der Waals surface area contributed by atoms with Gasteiger partial charge in [0.1, 0.15) is 5.82 Å². The van der Waals surface area contributed by atoms with Crippen molar-refractivity contribution in [1.29, 1.82) is 0 Å². The van der Waals surface area contributed by atoms with E-state index in [1.807, 2.05) is 6.92 Å². The molecular weight excluding hydrogens is 253 g/mol. The molecule has 0 aliphatic carbocycles. The molecule has 0 saturated heterocycles. The lowest BCUT2D eigenvalue weighted by Gasteiger charge is -2.06. The fourth-order valence-electron chi connectivity index (χ4n) is 1.86. The first-order valence-electron chi connectivity index (χ1n) is 5.42. The summed E-state index contributed by atoms with van der Waals surface area (Å²) in [5.41, 5.74) is 2.42. The number of rotatable bonds is 1. The fraction of sp³-hybridized carbons (Fsp3) is 0.0769. The van der Waals surface area contributed by atoms with Crippen LogP contribution in [0.3, 0.4) is 0 Å². The van der Waals surface area contributed by atoms with Crippen molar-refractivity contribution in [2.75, 3.05) is 0 Å². The lowest BCUT2D eigenvalue weighted by Crippen LogP contribution is -1.97. The van der Waals surface area contributed by atoms with Crippen LogP contribution in [-0.4, -0.2) is 14.6 Å². The summed E-state index contributed by atoms with van der Waals surface area (Å²) in [6, 6.07) is 8.09. The van der Waals surface area contributed by atoms with Crippen LogP contribution in [0.1, 0.15) is 5.69 Å². The van der Waals surface area contributed by atoms with E-state index in [-0.39, 0.29) is 5.82 Å². The number of imidazole rings is 1. The summed E-state index contributed by atoms with van der Waals surface area (Å²) in [4.78, 5) is 4.17. The highest BCUT2D eigenvalue weighted by Crippen LogP contribution is 2.29. The quantitative estimate of drug-likeness (QED) is 0.671. The molecule has 0 fully saturated rings. The average molecular weight is 262 g/mol. The standard InChI is InChI=1S/C13H9ClFN3/c1-8-7-16-12-6-5-11(17-18(8)12)13-9(14)3-2-4-10(13)15/h2-7H,1H3. The first-order valence-corrected chi connectivity index (χ1v) is 5.80. The molecule has 0 aliphatic rings. The Morgan fingerprint density at radius 1 is 1.22 bits per heavy atom. The summed E-state index contributed by atoms with van der Waals surface area (Å²) >= 11 is 6.02. The minimum Gasteiger partial charge on any atom is -0.235 e. The Morgan fingerprint density at radius 2 is 2.06 bits per heavy atom. The summed E-state index contributed by atoms with van der Waals surface area (Å²) in [7, 11) is 0. The van der Waals surface area contributed by atoms with Gasteiger partial charge in [0.05, 0.1) is 28.2 Å². The van der Waals surface area contributed by atoms with Crippen LogP contribution in [0.5, 0.6) is 0 Å². The van der Waals surface area contributed by atoms with E-state index in [0.29, 0.717) is 16.3 Å². The first-order chi connectivity index (χ1) is 8.66. The van der Waals surface area contributed by atoms with Crippen LogP contribution in [0, 0.1) is 12.7 Å². The van der Waals surface area contributed by atoms with Crippen molar-refractivity contribution >= 4 is 17.2 Å². The van der Waals surface area contributed by atoms with Gasteiger partial charge in [0.2, 0.25) is 0 Å². The van der Waals surface area contributed by atoms with E-state index in [4.69, 9.17) is 11.6 Å². The Balaban J connectivity index is 2.28. The van der Waals surface area contributed by atoms with E-state index in [9.17, 15) is 4.39 Å². The number of fused-ring (bicyclic) bond motifs is 1. The van der Waals surface area contributed by atoms with Crippen LogP contribution in [0.25, 0.3) is 16.9 Å². The first kappa shape index (κ1) is 11.2. The Hall–Kier alpha value is -1.94.